The van der Waals surface area contributed by atoms with Gasteiger partial charge in [0.15, 0.2) is 0 Å². The molecule has 3 N–H and O–H groups in total. The zero-order valence-corrected chi connectivity index (χ0v) is 15.6. The quantitative estimate of drug-likeness (QED) is 0.555. The van der Waals surface area contributed by atoms with Gasteiger partial charge in [0, 0.05) is 23.2 Å². The van der Waals surface area contributed by atoms with E-state index >= 15 is 0 Å². The van der Waals surface area contributed by atoms with Gasteiger partial charge in [0.25, 0.3) is 0 Å². The monoisotopic (exact) mass is 398 g/mol. The van der Waals surface area contributed by atoms with Gasteiger partial charge in [-0.2, -0.15) is 5.10 Å². The summed E-state index contributed by atoms with van der Waals surface area (Å²) in [4.78, 5) is 24.2. The Morgan fingerprint density at radius 1 is 1.04 bits per heavy atom. The van der Waals surface area contributed by atoms with Crippen molar-refractivity contribution in [1.82, 2.24) is 15.1 Å². The molecule has 2 amide bonds. The summed E-state index contributed by atoms with van der Waals surface area (Å²) in [5.74, 6) is -1.31. The number of amides is 2. The molecule has 0 aliphatic carbocycles. The number of carbonyl (C=O) groups excluding carboxylic acids is 2. The maximum atomic E-state index is 12.2. The Kier molecular flexibility index (Phi) is 6.41. The van der Waals surface area contributed by atoms with Crippen molar-refractivity contribution in [3.8, 4) is 0 Å². The van der Waals surface area contributed by atoms with Crippen molar-refractivity contribution in [3.63, 3.8) is 0 Å². The number of nitrogens with zero attached hydrogens (tertiary/aromatic N) is 2. The van der Waals surface area contributed by atoms with Crippen molar-refractivity contribution in [2.75, 3.05) is 11.9 Å². The van der Waals surface area contributed by atoms with E-state index in [4.69, 9.17) is 11.6 Å². The molecule has 0 fully saturated rings. The van der Waals surface area contributed by atoms with Gasteiger partial charge in [-0.3, -0.25) is 9.59 Å². The summed E-state index contributed by atoms with van der Waals surface area (Å²) in [6.07, 6.45) is 0.520. The fourth-order valence-corrected chi connectivity index (χ4v) is 2.88. The fraction of sp³-hybridized carbons (Fsp3) is 0.150. The van der Waals surface area contributed by atoms with E-state index in [9.17, 15) is 14.7 Å². The molecular formula is C20H19ClN4O3. The molecule has 8 heteroatoms. The molecule has 7 nitrogen and oxygen atoms in total. The van der Waals surface area contributed by atoms with E-state index in [1.807, 2.05) is 30.3 Å². The van der Waals surface area contributed by atoms with E-state index in [0.29, 0.717) is 22.9 Å². The second kappa shape index (κ2) is 9.16. The van der Waals surface area contributed by atoms with Crippen LogP contribution in [0.15, 0.2) is 66.9 Å². The average molecular weight is 399 g/mol. The lowest BCUT2D eigenvalue weighted by Crippen LogP contribution is -2.38. The third kappa shape index (κ3) is 4.97. The zero-order valence-electron chi connectivity index (χ0n) is 14.9. The zero-order chi connectivity index (χ0) is 19.9. The Morgan fingerprint density at radius 2 is 1.75 bits per heavy atom. The number of halogens is 1. The van der Waals surface area contributed by atoms with Crippen molar-refractivity contribution < 1.29 is 14.7 Å². The van der Waals surface area contributed by atoms with Crippen LogP contribution in [-0.2, 0) is 16.1 Å². The summed E-state index contributed by atoms with van der Waals surface area (Å²) < 4.78 is 1.58. The standard InChI is InChI=1S/C20H19ClN4O3/c21-16-9-5-4-8-15(16)17(26)12-22-19(27)20(28)24-18-10-11-23-25(18)13-14-6-2-1-3-7-14/h1-11,17,26H,12-13H2,(H,22,27)(H,24,28). The minimum absolute atomic E-state index is 0.140. The van der Waals surface area contributed by atoms with Gasteiger partial charge >= 0.3 is 11.8 Å². The van der Waals surface area contributed by atoms with Gasteiger partial charge < -0.3 is 15.7 Å². The van der Waals surface area contributed by atoms with Crippen LogP contribution >= 0.6 is 11.6 Å². The first-order valence-electron chi connectivity index (χ1n) is 8.62. The van der Waals surface area contributed by atoms with E-state index < -0.39 is 17.9 Å². The van der Waals surface area contributed by atoms with Gasteiger partial charge in [-0.25, -0.2) is 4.68 Å². The van der Waals surface area contributed by atoms with Crippen LogP contribution in [0.2, 0.25) is 5.02 Å². The van der Waals surface area contributed by atoms with Crippen molar-refractivity contribution in [2.45, 2.75) is 12.6 Å². The number of benzene rings is 2. The first-order valence-corrected chi connectivity index (χ1v) is 9.00. The highest BCUT2D eigenvalue weighted by atomic mass is 35.5. The van der Waals surface area contributed by atoms with E-state index in [1.165, 1.54) is 6.20 Å². The normalized spacial score (nSPS) is 11.6. The SMILES string of the molecule is O=C(NCC(O)c1ccccc1Cl)C(=O)Nc1ccnn1Cc1ccccc1. The molecule has 3 aromatic rings. The molecule has 1 aromatic heterocycles. The number of carbonyl (C=O) groups is 2. The molecule has 3 rings (SSSR count). The maximum absolute atomic E-state index is 12.2. The predicted octanol–water partition coefficient (Wildman–Crippen LogP) is 2.37. The highest BCUT2D eigenvalue weighted by molar-refractivity contribution is 6.39. The first kappa shape index (κ1) is 19.6. The highest BCUT2D eigenvalue weighted by Gasteiger charge is 2.18. The summed E-state index contributed by atoms with van der Waals surface area (Å²) in [6, 6.07) is 18.0. The molecule has 0 spiro atoms. The number of aliphatic hydroxyl groups is 1. The second-order valence-corrected chi connectivity index (χ2v) is 6.47. The van der Waals surface area contributed by atoms with Crippen LogP contribution < -0.4 is 10.6 Å². The van der Waals surface area contributed by atoms with Gasteiger partial charge in [-0.1, -0.05) is 60.1 Å². The number of anilines is 1. The Bertz CT molecular complexity index is 959. The van der Waals surface area contributed by atoms with Crippen LogP contribution in [0.3, 0.4) is 0 Å². The molecule has 1 atom stereocenters. The lowest BCUT2D eigenvalue weighted by molar-refractivity contribution is -0.136. The third-order valence-corrected chi connectivity index (χ3v) is 4.40. The summed E-state index contributed by atoms with van der Waals surface area (Å²) >= 11 is 6.01. The number of hydrogen-bond donors (Lipinski definition) is 3. The van der Waals surface area contributed by atoms with Gasteiger partial charge in [-0.15, -0.1) is 0 Å². The average Bonchev–Trinajstić information content (AvgIpc) is 3.13. The number of hydrogen-bond acceptors (Lipinski definition) is 4. The molecule has 0 bridgehead atoms. The topological polar surface area (TPSA) is 96.2 Å². The smallest absolute Gasteiger partial charge is 0.314 e. The minimum Gasteiger partial charge on any atom is -0.387 e. The Balaban J connectivity index is 1.56. The summed E-state index contributed by atoms with van der Waals surface area (Å²) in [5.41, 5.74) is 1.49. The highest BCUT2D eigenvalue weighted by Crippen LogP contribution is 2.21. The number of aromatic nitrogens is 2. The van der Waals surface area contributed by atoms with Crippen LogP contribution in [0, 0.1) is 0 Å². The molecule has 0 saturated heterocycles. The summed E-state index contributed by atoms with van der Waals surface area (Å²) in [5, 5.41) is 19.6. The largest absolute Gasteiger partial charge is 0.387 e. The Labute approximate surface area is 166 Å². The molecule has 0 aliphatic heterocycles. The predicted molar refractivity (Wildman–Crippen MR) is 106 cm³/mol. The number of aliphatic hydroxyl groups excluding tert-OH is 1. The molecule has 1 heterocycles. The number of nitrogens with one attached hydrogen (secondary N) is 2. The lowest BCUT2D eigenvalue weighted by Gasteiger charge is -2.14. The minimum atomic E-state index is -1.02. The van der Waals surface area contributed by atoms with Crippen LogP contribution in [0.5, 0.6) is 0 Å². The molecule has 2 aromatic carbocycles. The third-order valence-electron chi connectivity index (χ3n) is 4.06. The van der Waals surface area contributed by atoms with Gasteiger partial charge in [0.05, 0.1) is 18.8 Å². The van der Waals surface area contributed by atoms with Crippen molar-refractivity contribution in [3.05, 3.63) is 83.0 Å². The lowest BCUT2D eigenvalue weighted by atomic mass is 10.1. The molecular weight excluding hydrogens is 380 g/mol. The van der Waals surface area contributed by atoms with Crippen LogP contribution in [0.4, 0.5) is 5.82 Å². The first-order chi connectivity index (χ1) is 13.5. The Hall–Kier alpha value is -3.16. The van der Waals surface area contributed by atoms with Gasteiger partial charge in [0.2, 0.25) is 0 Å². The Morgan fingerprint density at radius 3 is 2.50 bits per heavy atom. The van der Waals surface area contributed by atoms with E-state index in [0.717, 1.165) is 5.56 Å². The van der Waals surface area contributed by atoms with Crippen LogP contribution in [0.25, 0.3) is 0 Å². The number of rotatable bonds is 6. The summed E-state index contributed by atoms with van der Waals surface area (Å²) in [7, 11) is 0. The van der Waals surface area contributed by atoms with Crippen molar-refractivity contribution in [1.29, 1.82) is 0 Å². The van der Waals surface area contributed by atoms with E-state index in [2.05, 4.69) is 15.7 Å². The van der Waals surface area contributed by atoms with Gasteiger partial charge in [-0.05, 0) is 11.6 Å². The molecule has 144 valence electrons. The summed E-state index contributed by atoms with van der Waals surface area (Å²) in [6.45, 7) is 0.315. The molecule has 1 unspecified atom stereocenters. The molecule has 0 radical (unpaired) electrons. The van der Waals surface area contributed by atoms with Gasteiger partial charge in [0.1, 0.15) is 5.82 Å². The second-order valence-electron chi connectivity index (χ2n) is 6.06. The maximum Gasteiger partial charge on any atom is 0.314 e. The molecule has 0 saturated carbocycles. The van der Waals surface area contributed by atoms with Crippen molar-refractivity contribution >= 4 is 29.2 Å². The van der Waals surface area contributed by atoms with Crippen LogP contribution in [0.1, 0.15) is 17.2 Å². The molecule has 28 heavy (non-hydrogen) atoms. The van der Waals surface area contributed by atoms with E-state index in [-0.39, 0.29) is 6.54 Å². The fourth-order valence-electron chi connectivity index (χ4n) is 2.62. The molecule has 0 aliphatic rings. The van der Waals surface area contributed by atoms with E-state index in [1.54, 1.807) is 35.0 Å². The van der Waals surface area contributed by atoms with Crippen molar-refractivity contribution in [2.24, 2.45) is 0 Å². The van der Waals surface area contributed by atoms with Crippen LogP contribution in [-0.4, -0.2) is 33.2 Å².